The first-order chi connectivity index (χ1) is 12.2. The van der Waals surface area contributed by atoms with Crippen LogP contribution in [0.5, 0.6) is 0 Å². The molecule has 0 radical (unpaired) electrons. The molecule has 1 saturated heterocycles. The van der Waals surface area contributed by atoms with Crippen LogP contribution in [0.3, 0.4) is 0 Å². The summed E-state index contributed by atoms with van der Waals surface area (Å²) in [5.41, 5.74) is 1.05. The number of nitrogens with zero attached hydrogens (tertiary/aromatic N) is 4. The Bertz CT molecular complexity index is 689. The Labute approximate surface area is 152 Å². The molecule has 3 rings (SSSR count). The summed E-state index contributed by atoms with van der Waals surface area (Å²) in [7, 11) is 0. The van der Waals surface area contributed by atoms with Crippen molar-refractivity contribution < 1.29 is 4.79 Å². The van der Waals surface area contributed by atoms with Crippen molar-refractivity contribution in [3.8, 4) is 0 Å². The van der Waals surface area contributed by atoms with E-state index in [1.54, 1.807) is 18.5 Å². The summed E-state index contributed by atoms with van der Waals surface area (Å²) >= 11 is 6.12. The van der Waals surface area contributed by atoms with Gasteiger partial charge in [-0.25, -0.2) is 9.97 Å². The highest BCUT2D eigenvalue weighted by molar-refractivity contribution is 6.31. The molecular formula is C18H22ClN5O. The van der Waals surface area contributed by atoms with Crippen molar-refractivity contribution in [1.29, 1.82) is 0 Å². The quantitative estimate of drug-likeness (QED) is 0.799. The number of aromatic nitrogens is 2. The van der Waals surface area contributed by atoms with Gasteiger partial charge in [0, 0.05) is 63.1 Å². The second-order valence-corrected chi connectivity index (χ2v) is 6.34. The highest BCUT2D eigenvalue weighted by atomic mass is 35.5. The van der Waals surface area contributed by atoms with Gasteiger partial charge in [-0.1, -0.05) is 29.8 Å². The average Bonchev–Trinajstić information content (AvgIpc) is 2.67. The SMILES string of the molecule is O=C(CCNCc1ccccc1Cl)N1CCN(c2ncccn2)CC1. The lowest BCUT2D eigenvalue weighted by Crippen LogP contribution is -2.49. The molecule has 2 heterocycles. The summed E-state index contributed by atoms with van der Waals surface area (Å²) in [6.45, 7) is 4.27. The number of benzene rings is 1. The normalized spacial score (nSPS) is 14.6. The van der Waals surface area contributed by atoms with Crippen LogP contribution in [0.25, 0.3) is 0 Å². The smallest absolute Gasteiger partial charge is 0.225 e. The number of carbonyl (C=O) groups excluding carboxylic acids is 1. The molecule has 0 spiro atoms. The van der Waals surface area contributed by atoms with Gasteiger partial charge in [-0.05, 0) is 17.7 Å². The molecule has 1 aromatic carbocycles. The van der Waals surface area contributed by atoms with Gasteiger partial charge < -0.3 is 15.1 Å². The molecular weight excluding hydrogens is 338 g/mol. The second-order valence-electron chi connectivity index (χ2n) is 5.93. The van der Waals surface area contributed by atoms with E-state index in [2.05, 4.69) is 20.2 Å². The van der Waals surface area contributed by atoms with Gasteiger partial charge in [0.15, 0.2) is 0 Å². The molecule has 0 bridgehead atoms. The maximum absolute atomic E-state index is 12.3. The summed E-state index contributed by atoms with van der Waals surface area (Å²) in [5.74, 6) is 0.913. The summed E-state index contributed by atoms with van der Waals surface area (Å²) in [4.78, 5) is 24.9. The predicted molar refractivity (Wildman–Crippen MR) is 98.6 cm³/mol. The molecule has 0 saturated carbocycles. The molecule has 0 atom stereocenters. The molecule has 132 valence electrons. The first-order valence-electron chi connectivity index (χ1n) is 8.48. The van der Waals surface area contributed by atoms with Crippen LogP contribution in [0.15, 0.2) is 42.7 Å². The van der Waals surface area contributed by atoms with E-state index in [9.17, 15) is 4.79 Å². The number of hydrogen-bond acceptors (Lipinski definition) is 5. The van der Waals surface area contributed by atoms with Gasteiger partial charge in [-0.15, -0.1) is 0 Å². The summed E-state index contributed by atoms with van der Waals surface area (Å²) in [5, 5.41) is 4.04. The largest absolute Gasteiger partial charge is 0.339 e. The third-order valence-electron chi connectivity index (χ3n) is 4.26. The van der Waals surface area contributed by atoms with E-state index < -0.39 is 0 Å². The van der Waals surface area contributed by atoms with E-state index >= 15 is 0 Å². The minimum Gasteiger partial charge on any atom is -0.339 e. The molecule has 1 amide bonds. The number of rotatable bonds is 6. The van der Waals surface area contributed by atoms with E-state index in [4.69, 9.17) is 11.6 Å². The number of nitrogens with one attached hydrogen (secondary N) is 1. The van der Waals surface area contributed by atoms with Gasteiger partial charge in [0.1, 0.15) is 0 Å². The van der Waals surface area contributed by atoms with Crippen LogP contribution in [0.1, 0.15) is 12.0 Å². The Morgan fingerprint density at radius 1 is 1.08 bits per heavy atom. The first-order valence-corrected chi connectivity index (χ1v) is 8.86. The minimum atomic E-state index is 0.181. The van der Waals surface area contributed by atoms with Crippen molar-refractivity contribution in [3.63, 3.8) is 0 Å². The van der Waals surface area contributed by atoms with E-state index in [0.29, 0.717) is 32.6 Å². The van der Waals surface area contributed by atoms with Gasteiger partial charge in [0.05, 0.1) is 0 Å². The van der Waals surface area contributed by atoms with Gasteiger partial charge in [-0.3, -0.25) is 4.79 Å². The Balaban J connectivity index is 1.37. The number of carbonyl (C=O) groups is 1. The van der Waals surface area contributed by atoms with Crippen LogP contribution < -0.4 is 10.2 Å². The Hall–Kier alpha value is -2.18. The molecule has 0 aliphatic carbocycles. The molecule has 1 aromatic heterocycles. The Morgan fingerprint density at radius 2 is 1.80 bits per heavy atom. The van der Waals surface area contributed by atoms with Crippen molar-refractivity contribution in [2.75, 3.05) is 37.6 Å². The van der Waals surface area contributed by atoms with E-state index in [-0.39, 0.29) is 5.91 Å². The molecule has 0 unspecified atom stereocenters. The third kappa shape index (κ3) is 4.90. The maximum Gasteiger partial charge on any atom is 0.225 e. The number of piperazine rings is 1. The standard InChI is InChI=1S/C18H22ClN5O/c19-16-5-2-1-4-15(16)14-20-9-6-17(25)23-10-12-24(13-11-23)18-21-7-3-8-22-18/h1-5,7-8,20H,6,9-14H2. The third-order valence-corrected chi connectivity index (χ3v) is 4.63. The highest BCUT2D eigenvalue weighted by Gasteiger charge is 2.21. The van der Waals surface area contributed by atoms with Crippen LogP contribution in [-0.2, 0) is 11.3 Å². The fraction of sp³-hybridized carbons (Fsp3) is 0.389. The number of hydrogen-bond donors (Lipinski definition) is 1. The zero-order chi connectivity index (χ0) is 17.5. The predicted octanol–water partition coefficient (Wildman–Crippen LogP) is 1.96. The summed E-state index contributed by atoms with van der Waals surface area (Å²) in [6.07, 6.45) is 3.97. The van der Waals surface area contributed by atoms with Crippen LogP contribution in [0, 0.1) is 0 Å². The topological polar surface area (TPSA) is 61.4 Å². The van der Waals surface area contributed by atoms with Crippen molar-refractivity contribution in [3.05, 3.63) is 53.3 Å². The van der Waals surface area contributed by atoms with Crippen LogP contribution in [0.4, 0.5) is 5.95 Å². The molecule has 1 aliphatic rings. The van der Waals surface area contributed by atoms with Gasteiger partial charge >= 0.3 is 0 Å². The zero-order valence-electron chi connectivity index (χ0n) is 14.1. The van der Waals surface area contributed by atoms with E-state index in [0.717, 1.165) is 29.6 Å². The molecule has 2 aromatic rings. The van der Waals surface area contributed by atoms with E-state index in [1.807, 2.05) is 29.2 Å². The fourth-order valence-electron chi connectivity index (χ4n) is 2.83. The van der Waals surface area contributed by atoms with E-state index in [1.165, 1.54) is 0 Å². The zero-order valence-corrected chi connectivity index (χ0v) is 14.8. The lowest BCUT2D eigenvalue weighted by atomic mass is 10.2. The molecule has 1 N–H and O–H groups in total. The molecule has 7 heteroatoms. The van der Waals surface area contributed by atoms with Crippen molar-refractivity contribution in [1.82, 2.24) is 20.2 Å². The molecule has 25 heavy (non-hydrogen) atoms. The van der Waals surface area contributed by atoms with Gasteiger partial charge in [-0.2, -0.15) is 0 Å². The average molecular weight is 360 g/mol. The van der Waals surface area contributed by atoms with Crippen molar-refractivity contribution in [2.24, 2.45) is 0 Å². The Kier molecular flexibility index (Phi) is 6.19. The maximum atomic E-state index is 12.3. The van der Waals surface area contributed by atoms with Crippen molar-refractivity contribution >= 4 is 23.5 Å². The fourth-order valence-corrected chi connectivity index (χ4v) is 3.03. The van der Waals surface area contributed by atoms with Gasteiger partial charge in [0.2, 0.25) is 11.9 Å². The summed E-state index contributed by atoms with van der Waals surface area (Å²) in [6, 6.07) is 9.54. The highest BCUT2D eigenvalue weighted by Crippen LogP contribution is 2.14. The monoisotopic (exact) mass is 359 g/mol. The Morgan fingerprint density at radius 3 is 2.52 bits per heavy atom. The van der Waals surface area contributed by atoms with Crippen LogP contribution in [0.2, 0.25) is 5.02 Å². The van der Waals surface area contributed by atoms with Gasteiger partial charge in [0.25, 0.3) is 0 Å². The molecule has 6 nitrogen and oxygen atoms in total. The number of amides is 1. The molecule has 1 aliphatic heterocycles. The molecule has 1 fully saturated rings. The number of halogens is 1. The minimum absolute atomic E-state index is 0.181. The van der Waals surface area contributed by atoms with Crippen LogP contribution >= 0.6 is 11.6 Å². The lowest BCUT2D eigenvalue weighted by Gasteiger charge is -2.34. The number of anilines is 1. The lowest BCUT2D eigenvalue weighted by molar-refractivity contribution is -0.131. The van der Waals surface area contributed by atoms with Crippen LogP contribution in [-0.4, -0.2) is 53.5 Å². The first kappa shape index (κ1) is 17.6. The summed E-state index contributed by atoms with van der Waals surface area (Å²) < 4.78 is 0. The van der Waals surface area contributed by atoms with Crippen molar-refractivity contribution in [2.45, 2.75) is 13.0 Å². The second kappa shape index (κ2) is 8.78.